The molecule has 0 fully saturated rings. The Bertz CT molecular complexity index is 1180. The molecule has 1 aliphatic heterocycles. The largest absolute Gasteiger partial charge is 0.352 e. The Hall–Kier alpha value is -3.25. The van der Waals surface area contributed by atoms with Crippen LogP contribution in [-0.4, -0.2) is 22.9 Å². The monoisotopic (exact) mass is 444 g/mol. The number of para-hydroxylation sites is 1. The van der Waals surface area contributed by atoms with Crippen LogP contribution in [0, 0.1) is 6.92 Å². The number of pyridine rings is 1. The average Bonchev–Trinajstić information content (AvgIpc) is 3.22. The van der Waals surface area contributed by atoms with Crippen molar-refractivity contribution in [1.82, 2.24) is 9.97 Å². The van der Waals surface area contributed by atoms with Gasteiger partial charge in [0.1, 0.15) is 5.82 Å². The number of hydrogen-bond acceptors (Lipinski definition) is 5. The van der Waals surface area contributed by atoms with Gasteiger partial charge in [0.15, 0.2) is 5.13 Å². The minimum Gasteiger partial charge on any atom is -0.352 e. The molecule has 0 radical (unpaired) electrons. The van der Waals surface area contributed by atoms with E-state index in [1.54, 1.807) is 0 Å². The summed E-state index contributed by atoms with van der Waals surface area (Å²) >= 11 is 1.47. The Kier molecular flexibility index (Phi) is 6.81. The number of hydrogen-bond donors (Lipinski definition) is 1. The maximum absolute atomic E-state index is 10.1. The van der Waals surface area contributed by atoms with Crippen LogP contribution in [0.5, 0.6) is 0 Å². The molecule has 5 nitrogen and oxygen atoms in total. The van der Waals surface area contributed by atoms with E-state index in [0.29, 0.717) is 17.5 Å². The number of fused-ring (bicyclic) bond motifs is 2. The fourth-order valence-electron chi connectivity index (χ4n) is 3.87. The molecule has 2 aromatic heterocycles. The molecule has 0 bridgehead atoms. The summed E-state index contributed by atoms with van der Waals surface area (Å²) in [4.78, 5) is 21.5. The maximum atomic E-state index is 10.1. The SMILES string of the molecule is Cc1cccc2c1CN(c1cccc(C(C)C)n1)CC2.O=CNc1nc2ccccc2s1. The van der Waals surface area contributed by atoms with E-state index in [2.05, 4.69) is 72.4 Å². The first kappa shape index (κ1) is 22.0. The van der Waals surface area contributed by atoms with Crippen LogP contribution < -0.4 is 10.2 Å². The highest BCUT2D eigenvalue weighted by atomic mass is 32.1. The van der Waals surface area contributed by atoms with E-state index in [1.807, 2.05) is 24.3 Å². The minimum atomic E-state index is 0.480. The number of thiazole rings is 1. The van der Waals surface area contributed by atoms with Crippen LogP contribution in [0.15, 0.2) is 60.7 Å². The van der Waals surface area contributed by atoms with Crippen molar-refractivity contribution in [2.24, 2.45) is 0 Å². The first-order valence-electron chi connectivity index (χ1n) is 10.9. The molecule has 0 saturated heterocycles. The standard InChI is InChI=1S/C18H22N2.C8H6N2OS/c1-13(2)17-8-5-9-18(19-17)20-11-10-15-7-4-6-14(3)16(15)12-20;11-5-9-8-10-6-3-1-2-4-7(6)12-8/h4-9,13H,10-12H2,1-3H3;1-5H,(H,9,10,11). The first-order chi connectivity index (χ1) is 15.5. The van der Waals surface area contributed by atoms with Crippen molar-refractivity contribution >= 4 is 38.9 Å². The highest BCUT2D eigenvalue weighted by Crippen LogP contribution is 2.27. The summed E-state index contributed by atoms with van der Waals surface area (Å²) in [5, 5.41) is 3.17. The van der Waals surface area contributed by atoms with Crippen molar-refractivity contribution in [2.75, 3.05) is 16.8 Å². The number of benzene rings is 2. The first-order valence-corrected chi connectivity index (χ1v) is 11.7. The Morgan fingerprint density at radius 2 is 1.84 bits per heavy atom. The molecule has 0 unspecified atom stereocenters. The maximum Gasteiger partial charge on any atom is 0.213 e. The minimum absolute atomic E-state index is 0.480. The molecule has 4 aromatic rings. The molecule has 2 aromatic carbocycles. The van der Waals surface area contributed by atoms with Crippen LogP contribution in [0.1, 0.15) is 42.1 Å². The molecule has 1 aliphatic rings. The second-order valence-corrected chi connectivity index (χ2v) is 9.24. The number of aromatic nitrogens is 2. The third-order valence-electron chi connectivity index (χ3n) is 5.66. The second kappa shape index (κ2) is 9.92. The van der Waals surface area contributed by atoms with Gasteiger partial charge in [0.25, 0.3) is 0 Å². The van der Waals surface area contributed by atoms with Crippen molar-refractivity contribution in [3.8, 4) is 0 Å². The van der Waals surface area contributed by atoms with Crippen LogP contribution in [0.4, 0.5) is 10.9 Å². The van der Waals surface area contributed by atoms with Gasteiger partial charge in [0.05, 0.1) is 10.2 Å². The summed E-state index contributed by atoms with van der Waals surface area (Å²) in [6.45, 7) is 8.64. The second-order valence-electron chi connectivity index (χ2n) is 8.21. The van der Waals surface area contributed by atoms with E-state index in [1.165, 1.54) is 33.7 Å². The van der Waals surface area contributed by atoms with Gasteiger partial charge in [0.2, 0.25) is 6.41 Å². The van der Waals surface area contributed by atoms with Crippen LogP contribution in [0.25, 0.3) is 10.2 Å². The molecule has 0 atom stereocenters. The molecule has 0 aliphatic carbocycles. The third-order valence-corrected chi connectivity index (χ3v) is 6.62. The highest BCUT2D eigenvalue weighted by molar-refractivity contribution is 7.22. The molecular formula is C26H28N4OS. The van der Waals surface area contributed by atoms with E-state index in [4.69, 9.17) is 4.98 Å². The van der Waals surface area contributed by atoms with E-state index < -0.39 is 0 Å². The molecule has 1 amide bonds. The Labute approximate surface area is 193 Å². The molecular weight excluding hydrogens is 416 g/mol. The summed E-state index contributed by atoms with van der Waals surface area (Å²) in [5.74, 6) is 1.60. The number of nitrogens with one attached hydrogen (secondary N) is 1. The van der Waals surface area contributed by atoms with Crippen molar-refractivity contribution in [2.45, 2.75) is 39.7 Å². The highest BCUT2D eigenvalue weighted by Gasteiger charge is 2.19. The quantitative estimate of drug-likeness (QED) is 0.396. The van der Waals surface area contributed by atoms with Gasteiger partial charge in [-0.2, -0.15) is 0 Å². The lowest BCUT2D eigenvalue weighted by Gasteiger charge is -2.31. The molecule has 5 rings (SSSR count). The smallest absolute Gasteiger partial charge is 0.213 e. The van der Waals surface area contributed by atoms with E-state index in [-0.39, 0.29) is 0 Å². The molecule has 0 spiro atoms. The van der Waals surface area contributed by atoms with Crippen LogP contribution in [0.2, 0.25) is 0 Å². The fraction of sp³-hybridized carbons (Fsp3) is 0.269. The number of carbonyl (C=O) groups is 1. The summed E-state index contributed by atoms with van der Waals surface area (Å²) in [6.07, 6.45) is 1.75. The molecule has 164 valence electrons. The van der Waals surface area contributed by atoms with Crippen molar-refractivity contribution in [3.63, 3.8) is 0 Å². The van der Waals surface area contributed by atoms with Crippen molar-refractivity contribution in [3.05, 3.63) is 83.0 Å². The lowest BCUT2D eigenvalue weighted by molar-refractivity contribution is -0.105. The predicted octanol–water partition coefficient (Wildman–Crippen LogP) is 5.94. The number of rotatable bonds is 4. The fourth-order valence-corrected chi connectivity index (χ4v) is 4.69. The molecule has 32 heavy (non-hydrogen) atoms. The van der Waals surface area contributed by atoms with Crippen LogP contribution in [0.3, 0.4) is 0 Å². The zero-order chi connectivity index (χ0) is 22.5. The van der Waals surface area contributed by atoms with E-state index in [0.717, 1.165) is 35.5 Å². The van der Waals surface area contributed by atoms with Gasteiger partial charge >= 0.3 is 0 Å². The number of amides is 1. The zero-order valence-electron chi connectivity index (χ0n) is 18.7. The van der Waals surface area contributed by atoms with Gasteiger partial charge in [-0.25, -0.2) is 9.97 Å². The molecule has 0 saturated carbocycles. The summed E-state index contributed by atoms with van der Waals surface area (Å²) in [5.41, 5.74) is 6.48. The molecule has 1 N–H and O–H groups in total. The Balaban J connectivity index is 0.000000174. The zero-order valence-corrected chi connectivity index (χ0v) is 19.5. The van der Waals surface area contributed by atoms with Gasteiger partial charge in [-0.15, -0.1) is 0 Å². The van der Waals surface area contributed by atoms with Gasteiger partial charge in [-0.05, 0) is 60.2 Å². The van der Waals surface area contributed by atoms with Crippen LogP contribution >= 0.6 is 11.3 Å². The summed E-state index contributed by atoms with van der Waals surface area (Å²) in [7, 11) is 0. The number of aryl methyl sites for hydroxylation is 1. The van der Waals surface area contributed by atoms with Gasteiger partial charge in [-0.1, -0.05) is 61.6 Å². The lowest BCUT2D eigenvalue weighted by Crippen LogP contribution is -2.31. The normalized spacial score (nSPS) is 12.8. The number of nitrogens with zero attached hydrogens (tertiary/aromatic N) is 3. The van der Waals surface area contributed by atoms with Crippen molar-refractivity contribution in [1.29, 1.82) is 0 Å². The topological polar surface area (TPSA) is 58.1 Å². The average molecular weight is 445 g/mol. The summed E-state index contributed by atoms with van der Waals surface area (Å²) in [6, 6.07) is 20.8. The number of carbonyl (C=O) groups excluding carboxylic acids is 1. The van der Waals surface area contributed by atoms with Gasteiger partial charge < -0.3 is 10.2 Å². The van der Waals surface area contributed by atoms with Gasteiger partial charge in [-0.3, -0.25) is 4.79 Å². The van der Waals surface area contributed by atoms with Gasteiger partial charge in [0, 0.05) is 18.8 Å². The Morgan fingerprint density at radius 1 is 1.03 bits per heavy atom. The van der Waals surface area contributed by atoms with E-state index >= 15 is 0 Å². The van der Waals surface area contributed by atoms with E-state index in [9.17, 15) is 4.79 Å². The lowest BCUT2D eigenvalue weighted by atomic mass is 9.95. The Morgan fingerprint density at radius 3 is 2.62 bits per heavy atom. The molecule has 3 heterocycles. The predicted molar refractivity (Wildman–Crippen MR) is 134 cm³/mol. The third kappa shape index (κ3) is 4.97. The summed E-state index contributed by atoms with van der Waals surface area (Å²) < 4.78 is 1.09. The molecule has 6 heteroatoms. The van der Waals surface area contributed by atoms with Crippen molar-refractivity contribution < 1.29 is 4.79 Å². The number of anilines is 2. The van der Waals surface area contributed by atoms with Crippen LogP contribution in [-0.2, 0) is 17.8 Å².